The lowest BCUT2D eigenvalue weighted by atomic mass is 9.83. The van der Waals surface area contributed by atoms with Crippen LogP contribution in [-0.2, 0) is 14.6 Å². The van der Waals surface area contributed by atoms with E-state index in [4.69, 9.17) is 4.55 Å². The summed E-state index contributed by atoms with van der Waals surface area (Å²) < 4.78 is 34.7. The lowest BCUT2D eigenvalue weighted by molar-refractivity contribution is 0.0973. The van der Waals surface area contributed by atoms with Crippen LogP contribution in [0.4, 0.5) is 0 Å². The van der Waals surface area contributed by atoms with Crippen LogP contribution in [0.3, 0.4) is 0 Å². The van der Waals surface area contributed by atoms with Gasteiger partial charge in [-0.1, -0.05) is 119 Å². The number of carbonyl (C=O) groups is 2. The third-order valence-corrected chi connectivity index (χ3v) is 12.4. The Morgan fingerprint density at radius 2 is 0.919 bits per heavy atom. The van der Waals surface area contributed by atoms with Gasteiger partial charge in [0.25, 0.3) is 0 Å². The van der Waals surface area contributed by atoms with E-state index >= 15 is 0 Å². The number of fused-ring (bicyclic) bond motifs is 1. The molecule has 7 heteroatoms. The molecule has 0 fully saturated rings. The molecule has 1 aromatic rings. The van der Waals surface area contributed by atoms with Gasteiger partial charge in [0.1, 0.15) is 5.76 Å². The first-order chi connectivity index (χ1) is 29.4. The van der Waals surface area contributed by atoms with Crippen molar-refractivity contribution in [3.8, 4) is 0 Å². The molecule has 1 atom stereocenters. The quantitative estimate of drug-likeness (QED) is 0.0489. The normalized spacial score (nSPS) is 16.0. The number of benzene rings is 1. The number of allylic oxidation sites excluding steroid dienone is 18. The predicted molar refractivity (Wildman–Crippen MR) is 263 cm³/mol. The molecule has 0 aliphatic heterocycles. The molecular weight excluding hydrogens is 789 g/mol. The van der Waals surface area contributed by atoms with Gasteiger partial charge < -0.3 is 4.18 Å². The summed E-state index contributed by atoms with van der Waals surface area (Å²) in [5.74, 6) is 0.836. The maximum absolute atomic E-state index is 13.0. The molecule has 0 radical (unpaired) electrons. The standard InChI is InChI=1S/C55H80O6S/c1-41(23-14-24-43(3)27-16-28-45(5)31-18-32-47(7)35-20-36-49(9)61-62(58,59)60)21-13-22-42(2)25-15-26-44(4)29-17-30-46(6)33-19-34-48(8)39-40-51-50(10)54(56)52-37-11-12-38-53(52)55(51)57/h11-12,21,24-25,28-29,32,36-39,46H,13-20,22-23,26-27,30-31,33-35,40H2,1-10H3,(H,58,59,60)/b41-21+,42-25+,43-24+,44-29+,45-28+,47-32+,48-39+,49-36+/t46-/m1/s1. The second-order valence-corrected chi connectivity index (χ2v) is 19.0. The van der Waals surface area contributed by atoms with E-state index in [1.165, 1.54) is 58.8 Å². The fourth-order valence-corrected chi connectivity index (χ4v) is 8.11. The van der Waals surface area contributed by atoms with Crippen molar-refractivity contribution in [1.82, 2.24) is 0 Å². The van der Waals surface area contributed by atoms with Crippen LogP contribution in [0, 0.1) is 5.92 Å². The minimum atomic E-state index is -4.45. The number of Topliss-reactive ketones (excluding diaryl/α,β-unsaturated/α-hetero) is 2. The first-order valence-corrected chi connectivity index (χ1v) is 24.5. The fraction of sp³-hybridized carbons (Fsp3) is 0.527. The van der Waals surface area contributed by atoms with Crippen LogP contribution in [-0.4, -0.2) is 24.5 Å². The Morgan fingerprint density at radius 1 is 0.548 bits per heavy atom. The van der Waals surface area contributed by atoms with Gasteiger partial charge in [0, 0.05) is 22.3 Å². The van der Waals surface area contributed by atoms with Gasteiger partial charge in [-0.25, -0.2) is 0 Å². The fourth-order valence-electron chi connectivity index (χ4n) is 7.71. The summed E-state index contributed by atoms with van der Waals surface area (Å²) in [6, 6.07) is 7.16. The highest BCUT2D eigenvalue weighted by atomic mass is 32.3. The molecule has 0 bridgehead atoms. The average Bonchev–Trinajstić information content (AvgIpc) is 3.19. The second kappa shape index (κ2) is 29.3. The Balaban J connectivity index is 1.57. The lowest BCUT2D eigenvalue weighted by Gasteiger charge is -2.18. The Morgan fingerprint density at radius 3 is 1.34 bits per heavy atom. The van der Waals surface area contributed by atoms with Crippen LogP contribution in [0.2, 0.25) is 0 Å². The van der Waals surface area contributed by atoms with Crippen molar-refractivity contribution < 1.29 is 26.7 Å². The van der Waals surface area contributed by atoms with Gasteiger partial charge in [-0.05, 0) is 183 Å². The minimum Gasteiger partial charge on any atom is -0.367 e. The summed E-state index contributed by atoms with van der Waals surface area (Å²) in [5.41, 5.74) is 12.1. The largest absolute Gasteiger partial charge is 0.446 e. The highest BCUT2D eigenvalue weighted by Crippen LogP contribution is 2.29. The zero-order chi connectivity index (χ0) is 46.1. The first kappa shape index (κ1) is 54.1. The highest BCUT2D eigenvalue weighted by molar-refractivity contribution is 7.81. The number of rotatable bonds is 29. The van der Waals surface area contributed by atoms with Gasteiger partial charge in [0.15, 0.2) is 11.6 Å². The predicted octanol–water partition coefficient (Wildman–Crippen LogP) is 16.4. The van der Waals surface area contributed by atoms with Gasteiger partial charge in [-0.15, -0.1) is 0 Å². The summed E-state index contributed by atoms with van der Waals surface area (Å²) in [4.78, 5) is 25.8. The van der Waals surface area contributed by atoms with Crippen LogP contribution in [0.1, 0.15) is 206 Å². The molecule has 0 amide bonds. The van der Waals surface area contributed by atoms with Crippen LogP contribution < -0.4 is 0 Å². The Labute approximate surface area is 377 Å². The topological polar surface area (TPSA) is 97.7 Å². The summed E-state index contributed by atoms with van der Waals surface area (Å²) in [7, 11) is -4.45. The number of ketones is 2. The van der Waals surface area contributed by atoms with E-state index in [0.717, 1.165) is 89.9 Å². The monoisotopic (exact) mass is 869 g/mol. The number of carbonyl (C=O) groups excluding carboxylic acids is 2. The summed E-state index contributed by atoms with van der Waals surface area (Å²) in [6.07, 6.45) is 36.7. The van der Waals surface area contributed by atoms with E-state index in [1.807, 2.05) is 12.1 Å². The van der Waals surface area contributed by atoms with E-state index in [0.29, 0.717) is 41.0 Å². The maximum Gasteiger partial charge on any atom is 0.446 e. The maximum atomic E-state index is 13.0. The van der Waals surface area contributed by atoms with E-state index in [9.17, 15) is 18.0 Å². The molecule has 0 unspecified atom stereocenters. The van der Waals surface area contributed by atoms with Crippen molar-refractivity contribution in [3.05, 3.63) is 140 Å². The molecule has 62 heavy (non-hydrogen) atoms. The average molecular weight is 869 g/mol. The Bertz CT molecular complexity index is 2020. The highest BCUT2D eigenvalue weighted by Gasteiger charge is 2.28. The lowest BCUT2D eigenvalue weighted by Crippen LogP contribution is -2.20. The molecule has 1 aliphatic carbocycles. The van der Waals surface area contributed by atoms with Crippen LogP contribution in [0.15, 0.2) is 129 Å². The van der Waals surface area contributed by atoms with Crippen molar-refractivity contribution in [2.75, 3.05) is 0 Å². The molecule has 0 spiro atoms. The van der Waals surface area contributed by atoms with E-state index in [1.54, 1.807) is 25.1 Å². The van der Waals surface area contributed by atoms with Crippen molar-refractivity contribution in [3.63, 3.8) is 0 Å². The first-order valence-electron chi connectivity index (χ1n) is 23.2. The molecule has 0 heterocycles. The third-order valence-electron chi connectivity index (χ3n) is 11.9. The number of hydrogen-bond acceptors (Lipinski definition) is 5. The zero-order valence-electron chi connectivity index (χ0n) is 40.1. The van der Waals surface area contributed by atoms with E-state index < -0.39 is 10.4 Å². The van der Waals surface area contributed by atoms with Gasteiger partial charge in [0.2, 0.25) is 0 Å². The van der Waals surface area contributed by atoms with Crippen molar-refractivity contribution in [2.45, 2.75) is 185 Å². The summed E-state index contributed by atoms with van der Waals surface area (Å²) in [6.45, 7) is 21.2. The molecule has 0 saturated carbocycles. The molecule has 1 aromatic carbocycles. The minimum absolute atomic E-state index is 0.00663. The Kier molecular flexibility index (Phi) is 25.6. The Hall–Kier alpha value is -4.07. The summed E-state index contributed by atoms with van der Waals surface area (Å²) >= 11 is 0. The van der Waals surface area contributed by atoms with Crippen LogP contribution >= 0.6 is 0 Å². The van der Waals surface area contributed by atoms with Gasteiger partial charge in [-0.3, -0.25) is 14.1 Å². The number of hydrogen-bond donors (Lipinski definition) is 1. The molecular formula is C55H80O6S. The van der Waals surface area contributed by atoms with Crippen LogP contribution in [0.5, 0.6) is 0 Å². The van der Waals surface area contributed by atoms with E-state index in [2.05, 4.69) is 102 Å². The second-order valence-electron chi connectivity index (χ2n) is 18.0. The molecule has 6 nitrogen and oxygen atoms in total. The molecule has 2 rings (SSSR count). The zero-order valence-corrected chi connectivity index (χ0v) is 40.9. The summed E-state index contributed by atoms with van der Waals surface area (Å²) in [5, 5.41) is 0. The van der Waals surface area contributed by atoms with Crippen molar-refractivity contribution in [1.29, 1.82) is 0 Å². The molecule has 1 aliphatic rings. The van der Waals surface area contributed by atoms with Crippen LogP contribution in [0.25, 0.3) is 0 Å². The van der Waals surface area contributed by atoms with Gasteiger partial charge >= 0.3 is 10.4 Å². The SMILES string of the molecule is CC1=C(C/C=C(\C)CCC[C@H](C)CC/C=C(\C)CC/C=C(\C)CC/C=C(\C)CC/C=C(\C)CC/C=C(\C)CC/C=C(\C)CC/C=C(\C)OS(=O)(=O)O)C(=O)c2ccccc2C1=O. The van der Waals surface area contributed by atoms with Gasteiger partial charge in [-0.2, -0.15) is 8.42 Å². The van der Waals surface area contributed by atoms with Crippen molar-refractivity contribution in [2.24, 2.45) is 5.92 Å². The third kappa shape index (κ3) is 23.4. The smallest absolute Gasteiger partial charge is 0.367 e. The van der Waals surface area contributed by atoms with E-state index in [-0.39, 0.29) is 17.3 Å². The van der Waals surface area contributed by atoms with Crippen molar-refractivity contribution >= 4 is 22.0 Å². The molecule has 0 aromatic heterocycles. The molecule has 1 N–H and O–H groups in total. The molecule has 0 saturated heterocycles. The molecule has 342 valence electrons. The van der Waals surface area contributed by atoms with Gasteiger partial charge in [0.05, 0.1) is 0 Å².